The van der Waals surface area contributed by atoms with Gasteiger partial charge in [0.2, 0.25) is 0 Å². The van der Waals surface area contributed by atoms with Crippen LogP contribution in [0.1, 0.15) is 35.8 Å². The number of allylic oxidation sites excluding steroid dienone is 1. The van der Waals surface area contributed by atoms with Crippen molar-refractivity contribution in [3.8, 4) is 0 Å². The van der Waals surface area contributed by atoms with Crippen molar-refractivity contribution in [2.45, 2.75) is 32.3 Å². The summed E-state index contributed by atoms with van der Waals surface area (Å²) in [6, 6.07) is 2.05. The fourth-order valence-electron chi connectivity index (χ4n) is 1.25. The highest BCUT2D eigenvalue weighted by Crippen LogP contribution is 2.33. The number of thiophene rings is 1. The summed E-state index contributed by atoms with van der Waals surface area (Å²) in [6.45, 7) is 5.70. The molecule has 0 amide bonds. The number of aliphatic hydroxyl groups is 1. The number of unbranched alkanes of at least 4 members (excludes halogenated alkanes) is 1. The van der Waals surface area contributed by atoms with E-state index >= 15 is 0 Å². The van der Waals surface area contributed by atoms with E-state index in [-0.39, 0.29) is 6.10 Å². The van der Waals surface area contributed by atoms with Crippen LogP contribution in [0.5, 0.6) is 0 Å². The zero-order valence-corrected chi connectivity index (χ0v) is 10.7. The molecule has 1 aromatic heterocycles. The first-order valence-electron chi connectivity index (χ1n) is 4.70. The van der Waals surface area contributed by atoms with Gasteiger partial charge < -0.3 is 5.11 Å². The van der Waals surface area contributed by atoms with Crippen molar-refractivity contribution in [2.75, 3.05) is 0 Å². The van der Waals surface area contributed by atoms with Gasteiger partial charge in [0.05, 0.1) is 9.89 Å². The van der Waals surface area contributed by atoms with Crippen LogP contribution in [0.3, 0.4) is 0 Å². The number of aryl methyl sites for hydroxylation is 1. The highest BCUT2D eigenvalue weighted by Gasteiger charge is 2.11. The maximum atomic E-state index is 9.84. The average Bonchev–Trinajstić information content (AvgIpc) is 2.47. The normalized spacial score (nSPS) is 12.8. The van der Waals surface area contributed by atoms with Gasteiger partial charge in [-0.3, -0.25) is 0 Å². The molecule has 14 heavy (non-hydrogen) atoms. The second kappa shape index (κ2) is 5.69. The molecule has 1 aromatic rings. The minimum atomic E-state index is -0.315. The van der Waals surface area contributed by atoms with Gasteiger partial charge in [-0.25, -0.2) is 0 Å². The lowest BCUT2D eigenvalue weighted by molar-refractivity contribution is 0.168. The lowest BCUT2D eigenvalue weighted by atomic mass is 10.1. The van der Waals surface area contributed by atoms with Gasteiger partial charge in [0, 0.05) is 4.88 Å². The number of halogens is 1. The highest BCUT2D eigenvalue weighted by atomic mass is 79.9. The molecule has 1 rings (SSSR count). The van der Waals surface area contributed by atoms with Gasteiger partial charge in [0.1, 0.15) is 0 Å². The third kappa shape index (κ3) is 3.23. The first kappa shape index (κ1) is 12.0. The molecule has 78 valence electrons. The van der Waals surface area contributed by atoms with E-state index in [1.807, 2.05) is 19.1 Å². The molecule has 1 heterocycles. The Kier molecular flexibility index (Phi) is 4.85. The van der Waals surface area contributed by atoms with Gasteiger partial charge in [-0.05, 0) is 53.7 Å². The molecule has 0 spiro atoms. The fourth-order valence-corrected chi connectivity index (χ4v) is 2.84. The third-order valence-corrected chi connectivity index (χ3v) is 4.33. The van der Waals surface area contributed by atoms with Crippen molar-refractivity contribution >= 4 is 27.3 Å². The molecule has 0 saturated carbocycles. The Hall–Kier alpha value is -0.120. The monoisotopic (exact) mass is 274 g/mol. The van der Waals surface area contributed by atoms with E-state index in [9.17, 15) is 5.11 Å². The summed E-state index contributed by atoms with van der Waals surface area (Å²) in [5.74, 6) is 0. The fraction of sp³-hybridized carbons (Fsp3) is 0.455. The zero-order valence-electron chi connectivity index (χ0n) is 8.29. The van der Waals surface area contributed by atoms with Crippen LogP contribution in [0.2, 0.25) is 0 Å². The van der Waals surface area contributed by atoms with Gasteiger partial charge in [-0.2, -0.15) is 0 Å². The molecular formula is C11H15BrOS. The van der Waals surface area contributed by atoms with Crippen molar-refractivity contribution < 1.29 is 5.11 Å². The first-order valence-corrected chi connectivity index (χ1v) is 6.31. The average molecular weight is 275 g/mol. The predicted molar refractivity (Wildman–Crippen MR) is 65.8 cm³/mol. The summed E-state index contributed by atoms with van der Waals surface area (Å²) in [5.41, 5.74) is 1.20. The first-order chi connectivity index (χ1) is 6.65. The molecule has 0 radical (unpaired) electrons. The van der Waals surface area contributed by atoms with E-state index in [0.29, 0.717) is 0 Å². The summed E-state index contributed by atoms with van der Waals surface area (Å²) >= 11 is 5.08. The molecule has 0 aliphatic heterocycles. The van der Waals surface area contributed by atoms with Crippen LogP contribution in [0.25, 0.3) is 0 Å². The van der Waals surface area contributed by atoms with Crippen LogP contribution in [0.4, 0.5) is 0 Å². The number of aliphatic hydroxyl groups excluding tert-OH is 1. The van der Waals surface area contributed by atoms with Crippen molar-refractivity contribution in [2.24, 2.45) is 0 Å². The molecule has 1 N–H and O–H groups in total. The summed E-state index contributed by atoms with van der Waals surface area (Å²) in [7, 11) is 0. The molecule has 0 fully saturated rings. The van der Waals surface area contributed by atoms with Crippen molar-refractivity contribution in [1.82, 2.24) is 0 Å². The second-order valence-electron chi connectivity index (χ2n) is 3.34. The highest BCUT2D eigenvalue weighted by molar-refractivity contribution is 9.11. The second-order valence-corrected chi connectivity index (χ2v) is 5.74. The summed E-state index contributed by atoms with van der Waals surface area (Å²) in [4.78, 5) is 1.05. The standard InChI is InChI=1S/C11H15BrOS/c1-3-4-5-6-9(13)10-7-8(2)11(12)14-10/h3,7,9,13H,1,4-6H2,2H3. The smallest absolute Gasteiger partial charge is 0.0882 e. The Morgan fingerprint density at radius 2 is 2.43 bits per heavy atom. The van der Waals surface area contributed by atoms with Gasteiger partial charge in [0.25, 0.3) is 0 Å². The molecule has 0 aliphatic carbocycles. The van der Waals surface area contributed by atoms with E-state index in [4.69, 9.17) is 0 Å². The van der Waals surface area contributed by atoms with E-state index in [1.165, 1.54) is 5.56 Å². The molecule has 1 atom stereocenters. The molecule has 0 saturated heterocycles. The maximum Gasteiger partial charge on any atom is 0.0882 e. The SMILES string of the molecule is C=CCCCC(O)c1cc(C)c(Br)s1. The molecule has 0 aliphatic rings. The van der Waals surface area contributed by atoms with Crippen LogP contribution >= 0.6 is 27.3 Å². The Balaban J connectivity index is 2.51. The van der Waals surface area contributed by atoms with Gasteiger partial charge >= 0.3 is 0 Å². The molecule has 0 bridgehead atoms. The molecule has 3 heteroatoms. The van der Waals surface area contributed by atoms with E-state index in [2.05, 4.69) is 22.5 Å². The Labute approximate surface area is 97.6 Å². The van der Waals surface area contributed by atoms with Crippen LogP contribution in [-0.4, -0.2) is 5.11 Å². The van der Waals surface area contributed by atoms with Gasteiger partial charge in [-0.1, -0.05) is 6.08 Å². The topological polar surface area (TPSA) is 20.2 Å². The Morgan fingerprint density at radius 1 is 1.71 bits per heavy atom. The summed E-state index contributed by atoms with van der Waals surface area (Å²) in [5, 5.41) is 9.84. The van der Waals surface area contributed by atoms with Crippen molar-refractivity contribution in [3.05, 3.63) is 32.9 Å². The Morgan fingerprint density at radius 3 is 2.93 bits per heavy atom. The molecule has 1 nitrogen and oxygen atoms in total. The van der Waals surface area contributed by atoms with Gasteiger partial charge in [0.15, 0.2) is 0 Å². The minimum absolute atomic E-state index is 0.315. The maximum absolute atomic E-state index is 9.84. The van der Waals surface area contributed by atoms with Crippen molar-refractivity contribution in [1.29, 1.82) is 0 Å². The zero-order chi connectivity index (χ0) is 10.6. The largest absolute Gasteiger partial charge is 0.388 e. The number of hydrogen-bond acceptors (Lipinski definition) is 2. The molecule has 0 aromatic carbocycles. The van der Waals surface area contributed by atoms with E-state index in [0.717, 1.165) is 27.9 Å². The number of rotatable bonds is 5. The molecule has 1 unspecified atom stereocenters. The van der Waals surface area contributed by atoms with E-state index < -0.39 is 0 Å². The molecular weight excluding hydrogens is 260 g/mol. The van der Waals surface area contributed by atoms with E-state index in [1.54, 1.807) is 11.3 Å². The quantitative estimate of drug-likeness (QED) is 0.630. The van der Waals surface area contributed by atoms with Crippen LogP contribution in [0.15, 0.2) is 22.5 Å². The summed E-state index contributed by atoms with van der Waals surface area (Å²) in [6.07, 6.45) is 4.37. The third-order valence-electron chi connectivity index (χ3n) is 2.09. The lowest BCUT2D eigenvalue weighted by Crippen LogP contribution is -1.93. The lowest BCUT2D eigenvalue weighted by Gasteiger charge is -2.06. The van der Waals surface area contributed by atoms with Gasteiger partial charge in [-0.15, -0.1) is 17.9 Å². The van der Waals surface area contributed by atoms with Crippen LogP contribution < -0.4 is 0 Å². The van der Waals surface area contributed by atoms with Crippen LogP contribution in [0, 0.1) is 6.92 Å². The Bertz CT molecular complexity index is 287. The summed E-state index contributed by atoms with van der Waals surface area (Å²) < 4.78 is 1.12. The minimum Gasteiger partial charge on any atom is -0.388 e. The predicted octanol–water partition coefficient (Wildman–Crippen LogP) is 4.21. The van der Waals surface area contributed by atoms with Crippen molar-refractivity contribution in [3.63, 3.8) is 0 Å². The van der Waals surface area contributed by atoms with Crippen LogP contribution in [-0.2, 0) is 0 Å². The number of hydrogen-bond donors (Lipinski definition) is 1.